The smallest absolute Gasteiger partial charge is 0.136 e. The van der Waals surface area contributed by atoms with Crippen molar-refractivity contribution in [2.24, 2.45) is 5.92 Å². The molecule has 0 aromatic heterocycles. The molecule has 1 heterocycles. The first-order valence-corrected chi connectivity index (χ1v) is 10.8. The molecule has 0 fully saturated rings. The van der Waals surface area contributed by atoms with E-state index in [1.165, 1.54) is 32.7 Å². The fourth-order valence-electron chi connectivity index (χ4n) is 4.08. The maximum absolute atomic E-state index is 11.8. The van der Waals surface area contributed by atoms with Gasteiger partial charge in [0, 0.05) is 22.8 Å². The zero-order chi connectivity index (χ0) is 20.2. The number of benzene rings is 2. The summed E-state index contributed by atoms with van der Waals surface area (Å²) >= 11 is 3.56. The summed E-state index contributed by atoms with van der Waals surface area (Å²) in [6, 6.07) is 11.0. The Morgan fingerprint density at radius 1 is 0.966 bits per heavy atom. The molecule has 2 aliphatic carbocycles. The second kappa shape index (κ2) is 8.79. The minimum Gasteiger partial charge on any atom is -0.368 e. The summed E-state index contributed by atoms with van der Waals surface area (Å²) in [6.45, 7) is 1.71. The number of allylic oxidation sites excluding steroid dienone is 4. The number of nitrogens with one attached hydrogen (secondary N) is 1. The van der Waals surface area contributed by atoms with Gasteiger partial charge in [0.05, 0.1) is 0 Å². The van der Waals surface area contributed by atoms with Crippen LogP contribution in [0.15, 0.2) is 71.5 Å². The lowest BCUT2D eigenvalue weighted by Crippen LogP contribution is -2.36. The van der Waals surface area contributed by atoms with Crippen molar-refractivity contribution < 1.29 is 4.79 Å². The first-order chi connectivity index (χ1) is 14.1. The number of hydrogen-bond acceptors (Lipinski definition) is 2. The van der Waals surface area contributed by atoms with Crippen LogP contribution < -0.4 is 15.8 Å². The van der Waals surface area contributed by atoms with Gasteiger partial charge in [0.15, 0.2) is 0 Å². The third-order valence-electron chi connectivity index (χ3n) is 5.59. The summed E-state index contributed by atoms with van der Waals surface area (Å²) in [6.07, 6.45) is 19.0. The van der Waals surface area contributed by atoms with Gasteiger partial charge in [-0.2, -0.15) is 0 Å². The number of ketones is 1. The second-order valence-corrected chi connectivity index (χ2v) is 8.42. The molecule has 2 nitrogen and oxygen atoms in total. The van der Waals surface area contributed by atoms with Gasteiger partial charge >= 0.3 is 0 Å². The first-order valence-electron chi connectivity index (χ1n) is 10.0. The van der Waals surface area contributed by atoms with Crippen molar-refractivity contribution in [3.8, 4) is 11.1 Å². The Balaban J connectivity index is 0.000000249. The predicted octanol–water partition coefficient (Wildman–Crippen LogP) is 4.56. The lowest BCUT2D eigenvalue weighted by molar-refractivity contribution is -0.119. The highest BCUT2D eigenvalue weighted by molar-refractivity contribution is 9.10. The normalized spacial score (nSPS) is 17.8. The summed E-state index contributed by atoms with van der Waals surface area (Å²) in [5.74, 6) is 0.363. The molecule has 0 bridgehead atoms. The molecular weight excluding hydrogens is 422 g/mol. The topological polar surface area (TPSA) is 29.1 Å². The minimum absolute atomic E-state index is 0.0821. The zero-order valence-electron chi connectivity index (χ0n) is 16.5. The van der Waals surface area contributed by atoms with Crippen molar-refractivity contribution in [2.75, 3.05) is 0 Å². The van der Waals surface area contributed by atoms with Gasteiger partial charge < -0.3 is 5.32 Å². The van der Waals surface area contributed by atoms with Crippen molar-refractivity contribution in [1.82, 2.24) is 5.32 Å². The highest BCUT2D eigenvalue weighted by Gasteiger charge is 2.19. The third kappa shape index (κ3) is 4.35. The van der Waals surface area contributed by atoms with Crippen molar-refractivity contribution in [3.63, 3.8) is 0 Å². The van der Waals surface area contributed by atoms with Gasteiger partial charge in [0.1, 0.15) is 5.78 Å². The molecule has 1 aliphatic heterocycles. The van der Waals surface area contributed by atoms with Crippen LogP contribution in [0.4, 0.5) is 0 Å². The van der Waals surface area contributed by atoms with Crippen molar-refractivity contribution in [3.05, 3.63) is 93.1 Å². The van der Waals surface area contributed by atoms with E-state index in [1.54, 1.807) is 6.92 Å². The van der Waals surface area contributed by atoms with Crippen LogP contribution in [0, 0.1) is 5.92 Å². The number of fused-ring (bicyclic) bond motifs is 5. The lowest BCUT2D eigenvalue weighted by atomic mass is 9.83. The number of hydrogen-bond donors (Lipinski definition) is 1. The highest BCUT2D eigenvalue weighted by atomic mass is 79.9. The van der Waals surface area contributed by atoms with Crippen LogP contribution >= 0.6 is 15.9 Å². The van der Waals surface area contributed by atoms with Crippen LogP contribution in [-0.4, -0.2) is 5.78 Å². The molecular formula is C26H24BrNO. The molecule has 1 atom stereocenters. The van der Waals surface area contributed by atoms with E-state index in [0.717, 1.165) is 23.7 Å². The van der Waals surface area contributed by atoms with Crippen LogP contribution in [0.1, 0.15) is 24.5 Å². The van der Waals surface area contributed by atoms with Gasteiger partial charge in [-0.05, 0) is 83.2 Å². The SMILES string of the molecule is C1=CC=CNC=C1.CC(=O)C1C=c2c(ccc3c2=CCc2cc(Br)ccc2-3)CC1. The maximum atomic E-state index is 11.8. The van der Waals surface area contributed by atoms with Crippen molar-refractivity contribution in [1.29, 1.82) is 0 Å². The summed E-state index contributed by atoms with van der Waals surface area (Å²) < 4.78 is 1.13. The monoisotopic (exact) mass is 445 g/mol. The summed E-state index contributed by atoms with van der Waals surface area (Å²) in [5, 5.41) is 5.53. The Morgan fingerprint density at radius 2 is 1.72 bits per heavy atom. The average molecular weight is 446 g/mol. The fourth-order valence-corrected chi connectivity index (χ4v) is 4.49. The van der Waals surface area contributed by atoms with Crippen LogP contribution in [0.5, 0.6) is 0 Å². The Hall–Kier alpha value is -2.65. The molecule has 1 unspecified atom stereocenters. The molecule has 5 rings (SSSR count). The molecule has 0 saturated carbocycles. The third-order valence-corrected chi connectivity index (χ3v) is 6.09. The first kappa shape index (κ1) is 19.7. The number of Topliss-reactive ketones (excluding diaryl/α,β-unsaturated/α-hetero) is 1. The van der Waals surface area contributed by atoms with Crippen LogP contribution in [0.2, 0.25) is 0 Å². The molecule has 1 N–H and O–H groups in total. The zero-order valence-corrected chi connectivity index (χ0v) is 18.1. The molecule has 2 aromatic rings. The average Bonchev–Trinajstić information content (AvgIpc) is 3.06. The minimum atomic E-state index is 0.0821. The Labute approximate surface area is 180 Å². The van der Waals surface area contributed by atoms with Gasteiger partial charge in [0.2, 0.25) is 0 Å². The van der Waals surface area contributed by atoms with Crippen molar-refractivity contribution >= 4 is 33.9 Å². The van der Waals surface area contributed by atoms with Gasteiger partial charge in [-0.15, -0.1) is 0 Å². The Bertz CT molecular complexity index is 1140. The highest BCUT2D eigenvalue weighted by Crippen LogP contribution is 2.28. The lowest BCUT2D eigenvalue weighted by Gasteiger charge is -2.20. The van der Waals surface area contributed by atoms with E-state index in [1.807, 2.05) is 36.7 Å². The van der Waals surface area contributed by atoms with Gasteiger partial charge in [-0.1, -0.05) is 58.4 Å². The number of carbonyl (C=O) groups is 1. The molecule has 3 aliphatic rings. The molecule has 2 aromatic carbocycles. The summed E-state index contributed by atoms with van der Waals surface area (Å²) in [4.78, 5) is 11.8. The van der Waals surface area contributed by atoms with Crippen LogP contribution in [0.25, 0.3) is 23.3 Å². The molecule has 0 amide bonds. The molecule has 0 saturated heterocycles. The Morgan fingerprint density at radius 3 is 2.48 bits per heavy atom. The van der Waals surface area contributed by atoms with Crippen molar-refractivity contribution in [2.45, 2.75) is 26.2 Å². The van der Waals surface area contributed by atoms with Crippen LogP contribution in [0.3, 0.4) is 0 Å². The van der Waals surface area contributed by atoms with E-state index in [9.17, 15) is 4.79 Å². The number of rotatable bonds is 1. The molecule has 29 heavy (non-hydrogen) atoms. The number of halogens is 1. The van der Waals surface area contributed by atoms with E-state index in [2.05, 4.69) is 63.7 Å². The van der Waals surface area contributed by atoms with Gasteiger partial charge in [-0.3, -0.25) is 4.79 Å². The van der Waals surface area contributed by atoms with Gasteiger partial charge in [-0.25, -0.2) is 0 Å². The number of aryl methyl sites for hydroxylation is 1. The summed E-state index contributed by atoms with van der Waals surface area (Å²) in [7, 11) is 0. The molecule has 3 heteroatoms. The standard InChI is InChI=1S/C20H17BrO.C6H7N/c1-12(22)14-3-2-13-4-7-18-17-9-6-16(21)10-15(17)5-8-19(18)20(13)11-14;1-2-4-6-7-5-3-1/h4,6-11,14H,2-3,5H2,1H3;1-7H. The summed E-state index contributed by atoms with van der Waals surface area (Å²) in [5.41, 5.74) is 5.36. The molecule has 146 valence electrons. The number of carbonyl (C=O) groups excluding carboxylic acids is 1. The van der Waals surface area contributed by atoms with E-state index in [-0.39, 0.29) is 11.7 Å². The maximum Gasteiger partial charge on any atom is 0.136 e. The second-order valence-electron chi connectivity index (χ2n) is 7.50. The largest absolute Gasteiger partial charge is 0.368 e. The molecule has 0 radical (unpaired) electrons. The van der Waals surface area contributed by atoms with E-state index < -0.39 is 0 Å². The van der Waals surface area contributed by atoms with E-state index >= 15 is 0 Å². The van der Waals surface area contributed by atoms with E-state index in [4.69, 9.17) is 0 Å². The molecule has 0 spiro atoms. The van der Waals surface area contributed by atoms with Gasteiger partial charge in [0.25, 0.3) is 0 Å². The predicted molar refractivity (Wildman–Crippen MR) is 125 cm³/mol. The van der Waals surface area contributed by atoms with Crippen LogP contribution in [-0.2, 0) is 17.6 Å². The van der Waals surface area contributed by atoms with E-state index in [0.29, 0.717) is 0 Å². The fraction of sp³-hybridized carbons (Fsp3) is 0.192. The Kier molecular flexibility index (Phi) is 5.96. The quantitative estimate of drug-likeness (QED) is 0.696.